The predicted octanol–water partition coefficient (Wildman–Crippen LogP) is 2.93. The Labute approximate surface area is 161 Å². The number of hydrogen-bond acceptors (Lipinski definition) is 6. The second kappa shape index (κ2) is 8.26. The topological polar surface area (TPSA) is 84.9 Å². The Kier molecular flexibility index (Phi) is 6.52. The Bertz CT molecular complexity index is 685. The third kappa shape index (κ3) is 5.35. The number of hydrogen-bond donors (Lipinski definition) is 1. The summed E-state index contributed by atoms with van der Waals surface area (Å²) in [6.45, 7) is 7.53. The maximum atomic E-state index is 12.4. The zero-order chi connectivity index (χ0) is 19.5. The van der Waals surface area contributed by atoms with Gasteiger partial charge >= 0.3 is 12.1 Å². The van der Waals surface area contributed by atoms with Gasteiger partial charge in [-0.15, -0.1) is 11.3 Å². The lowest BCUT2D eigenvalue weighted by Gasteiger charge is -2.24. The summed E-state index contributed by atoms with van der Waals surface area (Å²) in [6.07, 6.45) is -0.525. The number of ether oxygens (including phenoxy) is 2. The highest BCUT2D eigenvalue weighted by Crippen LogP contribution is 2.24. The SMILES string of the molecule is CCOC(=O)[C@H]1CN(C(=O)OC(C)(C)C)C[C@@H]1NC(=O)c1ccc(Cl)s1. The molecule has 0 spiro atoms. The molecular formula is C17H23ClN2O5S. The van der Waals surface area contributed by atoms with Gasteiger partial charge in [0.15, 0.2) is 0 Å². The molecule has 1 aliphatic rings. The molecule has 0 unspecified atom stereocenters. The zero-order valence-electron chi connectivity index (χ0n) is 15.2. The van der Waals surface area contributed by atoms with Crippen LogP contribution < -0.4 is 5.32 Å². The number of rotatable bonds is 4. The molecule has 0 radical (unpaired) electrons. The number of nitrogens with one attached hydrogen (secondary N) is 1. The summed E-state index contributed by atoms with van der Waals surface area (Å²) in [5, 5.41) is 2.81. The van der Waals surface area contributed by atoms with Gasteiger partial charge in [-0.05, 0) is 39.8 Å². The summed E-state index contributed by atoms with van der Waals surface area (Å²) in [6, 6.07) is 2.68. The number of esters is 1. The van der Waals surface area contributed by atoms with Crippen molar-refractivity contribution in [2.24, 2.45) is 5.92 Å². The number of nitrogens with zero attached hydrogens (tertiary/aromatic N) is 1. The first-order valence-electron chi connectivity index (χ1n) is 8.31. The molecule has 144 valence electrons. The van der Waals surface area contributed by atoms with E-state index in [1.807, 2.05) is 0 Å². The van der Waals surface area contributed by atoms with Crippen LogP contribution in [0.2, 0.25) is 4.34 Å². The predicted molar refractivity (Wildman–Crippen MR) is 98.5 cm³/mol. The van der Waals surface area contributed by atoms with Gasteiger partial charge in [-0.1, -0.05) is 11.6 Å². The van der Waals surface area contributed by atoms with E-state index in [2.05, 4.69) is 5.32 Å². The zero-order valence-corrected chi connectivity index (χ0v) is 16.8. The maximum Gasteiger partial charge on any atom is 0.410 e. The van der Waals surface area contributed by atoms with Gasteiger partial charge in [0, 0.05) is 13.1 Å². The number of thiophene rings is 1. The number of likely N-dealkylation sites (tertiary alicyclic amines) is 1. The van der Waals surface area contributed by atoms with Crippen LogP contribution in [0.15, 0.2) is 12.1 Å². The van der Waals surface area contributed by atoms with Crippen molar-refractivity contribution in [1.82, 2.24) is 10.2 Å². The summed E-state index contributed by atoms with van der Waals surface area (Å²) >= 11 is 7.01. The van der Waals surface area contributed by atoms with Gasteiger partial charge in [0.2, 0.25) is 0 Å². The summed E-state index contributed by atoms with van der Waals surface area (Å²) in [5.74, 6) is -1.44. The van der Waals surface area contributed by atoms with Gasteiger partial charge in [0.1, 0.15) is 5.60 Å². The molecular weight excluding hydrogens is 380 g/mol. The van der Waals surface area contributed by atoms with E-state index in [-0.39, 0.29) is 25.6 Å². The minimum absolute atomic E-state index is 0.129. The normalized spacial score (nSPS) is 20.0. The lowest BCUT2D eigenvalue weighted by atomic mass is 10.0. The molecule has 7 nitrogen and oxygen atoms in total. The fourth-order valence-corrected chi connectivity index (χ4v) is 3.54. The molecule has 1 saturated heterocycles. The molecule has 26 heavy (non-hydrogen) atoms. The number of halogens is 1. The Morgan fingerprint density at radius 1 is 1.31 bits per heavy atom. The highest BCUT2D eigenvalue weighted by Gasteiger charge is 2.42. The van der Waals surface area contributed by atoms with E-state index in [0.29, 0.717) is 9.21 Å². The van der Waals surface area contributed by atoms with Crippen molar-refractivity contribution in [3.8, 4) is 0 Å². The van der Waals surface area contributed by atoms with Crippen LogP contribution in [0.25, 0.3) is 0 Å². The summed E-state index contributed by atoms with van der Waals surface area (Å²) in [7, 11) is 0. The standard InChI is InChI=1S/C17H23ClN2O5S/c1-5-24-15(22)10-8-20(16(23)25-17(2,3)4)9-11(10)19-14(21)12-6-7-13(18)26-12/h6-7,10-11H,5,8-9H2,1-4H3,(H,19,21)/t10-,11-/m0/s1. The fourth-order valence-electron chi connectivity index (χ4n) is 2.59. The van der Waals surface area contributed by atoms with E-state index in [9.17, 15) is 14.4 Å². The Morgan fingerprint density at radius 2 is 2.00 bits per heavy atom. The van der Waals surface area contributed by atoms with Crippen molar-refractivity contribution in [3.63, 3.8) is 0 Å². The molecule has 1 aromatic rings. The van der Waals surface area contributed by atoms with Crippen LogP contribution >= 0.6 is 22.9 Å². The van der Waals surface area contributed by atoms with E-state index in [1.54, 1.807) is 39.8 Å². The van der Waals surface area contributed by atoms with E-state index in [0.717, 1.165) is 11.3 Å². The minimum atomic E-state index is -0.651. The molecule has 1 aromatic heterocycles. The Balaban J connectivity index is 2.11. The van der Waals surface area contributed by atoms with E-state index in [4.69, 9.17) is 21.1 Å². The van der Waals surface area contributed by atoms with Crippen LogP contribution in [-0.4, -0.2) is 54.2 Å². The number of carbonyl (C=O) groups is 3. The van der Waals surface area contributed by atoms with Crippen molar-refractivity contribution in [2.45, 2.75) is 39.3 Å². The Morgan fingerprint density at radius 3 is 2.54 bits per heavy atom. The molecule has 2 amide bonds. The van der Waals surface area contributed by atoms with Gasteiger partial charge < -0.3 is 19.7 Å². The van der Waals surface area contributed by atoms with Crippen LogP contribution in [0, 0.1) is 5.92 Å². The quantitative estimate of drug-likeness (QED) is 0.782. The molecule has 9 heteroatoms. The second-order valence-corrected chi connectivity index (χ2v) is 8.64. The molecule has 0 aliphatic carbocycles. The maximum absolute atomic E-state index is 12.4. The molecule has 2 rings (SSSR count). The lowest BCUT2D eigenvalue weighted by Crippen LogP contribution is -2.43. The van der Waals surface area contributed by atoms with Gasteiger partial charge in [0.05, 0.1) is 27.8 Å². The van der Waals surface area contributed by atoms with Crippen molar-refractivity contribution in [1.29, 1.82) is 0 Å². The van der Waals surface area contributed by atoms with Crippen molar-refractivity contribution < 1.29 is 23.9 Å². The molecule has 0 aromatic carbocycles. The van der Waals surface area contributed by atoms with Crippen molar-refractivity contribution in [2.75, 3.05) is 19.7 Å². The highest BCUT2D eigenvalue weighted by molar-refractivity contribution is 7.18. The monoisotopic (exact) mass is 402 g/mol. The van der Waals surface area contributed by atoms with Crippen LogP contribution in [-0.2, 0) is 14.3 Å². The molecule has 0 bridgehead atoms. The lowest BCUT2D eigenvalue weighted by molar-refractivity contribution is -0.148. The summed E-state index contributed by atoms with van der Waals surface area (Å²) < 4.78 is 10.9. The molecule has 1 fully saturated rings. The van der Waals surface area contributed by atoms with Crippen molar-refractivity contribution >= 4 is 40.9 Å². The largest absolute Gasteiger partial charge is 0.466 e. The van der Waals surface area contributed by atoms with Crippen LogP contribution in [0.4, 0.5) is 4.79 Å². The van der Waals surface area contributed by atoms with E-state index < -0.39 is 29.6 Å². The van der Waals surface area contributed by atoms with Gasteiger partial charge in [0.25, 0.3) is 5.91 Å². The molecule has 2 heterocycles. The first-order valence-corrected chi connectivity index (χ1v) is 9.51. The number of carbonyl (C=O) groups excluding carboxylic acids is 3. The molecule has 1 aliphatic heterocycles. The van der Waals surface area contributed by atoms with Crippen LogP contribution in [0.5, 0.6) is 0 Å². The summed E-state index contributed by atoms with van der Waals surface area (Å²) in [5.41, 5.74) is -0.647. The third-order valence-corrected chi connectivity index (χ3v) is 4.90. The van der Waals surface area contributed by atoms with Gasteiger partial charge in [-0.2, -0.15) is 0 Å². The van der Waals surface area contributed by atoms with Crippen molar-refractivity contribution in [3.05, 3.63) is 21.3 Å². The fraction of sp³-hybridized carbons (Fsp3) is 0.588. The average Bonchev–Trinajstić information content (AvgIpc) is 3.12. The van der Waals surface area contributed by atoms with E-state index >= 15 is 0 Å². The third-order valence-electron chi connectivity index (χ3n) is 3.67. The second-order valence-electron chi connectivity index (χ2n) is 6.93. The average molecular weight is 403 g/mol. The summed E-state index contributed by atoms with van der Waals surface area (Å²) in [4.78, 5) is 38.8. The highest BCUT2D eigenvalue weighted by atomic mass is 35.5. The molecule has 0 saturated carbocycles. The minimum Gasteiger partial charge on any atom is -0.466 e. The van der Waals surface area contributed by atoms with E-state index in [1.165, 1.54) is 4.90 Å². The van der Waals surface area contributed by atoms with Gasteiger partial charge in [-0.3, -0.25) is 9.59 Å². The first kappa shape index (κ1) is 20.5. The Hall–Kier alpha value is -1.80. The smallest absolute Gasteiger partial charge is 0.410 e. The van der Waals surface area contributed by atoms with Gasteiger partial charge in [-0.25, -0.2) is 4.79 Å². The first-order chi connectivity index (χ1) is 12.1. The number of amides is 2. The molecule has 2 atom stereocenters. The molecule has 1 N–H and O–H groups in total. The van der Waals surface area contributed by atoms with Crippen LogP contribution in [0.3, 0.4) is 0 Å². The van der Waals surface area contributed by atoms with Crippen LogP contribution in [0.1, 0.15) is 37.4 Å².